The second kappa shape index (κ2) is 4.77. The Bertz CT molecular complexity index is 323. The average Bonchev–Trinajstić information content (AvgIpc) is 2.86. The van der Waals surface area contributed by atoms with E-state index >= 15 is 0 Å². The van der Waals surface area contributed by atoms with Crippen molar-refractivity contribution in [2.75, 3.05) is 20.3 Å². The molecule has 0 saturated heterocycles. The standard InChI is InChI=1S/C11H15NO2S/c1-14-5-4-12-11(13)9-7-8(9)10-3-2-6-15-10/h2-3,6,8-9H,4-5,7H2,1H3,(H,12,13). The van der Waals surface area contributed by atoms with Gasteiger partial charge in [-0.05, 0) is 17.9 Å². The van der Waals surface area contributed by atoms with Gasteiger partial charge in [-0.25, -0.2) is 0 Å². The molecule has 1 aliphatic rings. The summed E-state index contributed by atoms with van der Waals surface area (Å²) in [5.74, 6) is 0.832. The topological polar surface area (TPSA) is 38.3 Å². The molecular weight excluding hydrogens is 210 g/mol. The SMILES string of the molecule is COCCNC(=O)C1CC1c1cccs1. The summed E-state index contributed by atoms with van der Waals surface area (Å²) in [6, 6.07) is 4.15. The van der Waals surface area contributed by atoms with Crippen LogP contribution in [0.15, 0.2) is 17.5 Å². The molecule has 1 aromatic heterocycles. The van der Waals surface area contributed by atoms with Crippen LogP contribution < -0.4 is 5.32 Å². The number of ether oxygens (including phenoxy) is 1. The van der Waals surface area contributed by atoms with Gasteiger partial charge >= 0.3 is 0 Å². The van der Waals surface area contributed by atoms with Gasteiger partial charge in [-0.15, -0.1) is 11.3 Å². The van der Waals surface area contributed by atoms with Gasteiger partial charge in [0.1, 0.15) is 0 Å². The van der Waals surface area contributed by atoms with E-state index in [9.17, 15) is 4.79 Å². The molecule has 2 atom stereocenters. The second-order valence-corrected chi connectivity index (χ2v) is 4.73. The summed E-state index contributed by atoms with van der Waals surface area (Å²) in [4.78, 5) is 13.0. The number of hydrogen-bond donors (Lipinski definition) is 1. The molecule has 1 heterocycles. The van der Waals surface area contributed by atoms with Crippen LogP contribution in [-0.2, 0) is 9.53 Å². The van der Waals surface area contributed by atoms with Crippen LogP contribution in [0.25, 0.3) is 0 Å². The summed E-state index contributed by atoms with van der Waals surface area (Å²) in [5, 5.41) is 4.94. The molecular formula is C11H15NO2S. The molecule has 1 aliphatic carbocycles. The van der Waals surface area contributed by atoms with E-state index in [0.717, 1.165) is 6.42 Å². The predicted molar refractivity (Wildman–Crippen MR) is 60.1 cm³/mol. The van der Waals surface area contributed by atoms with Crippen molar-refractivity contribution in [2.24, 2.45) is 5.92 Å². The van der Waals surface area contributed by atoms with Crippen LogP contribution in [0.4, 0.5) is 0 Å². The maximum Gasteiger partial charge on any atom is 0.223 e. The summed E-state index contributed by atoms with van der Waals surface area (Å²) in [7, 11) is 1.64. The Morgan fingerprint density at radius 3 is 3.27 bits per heavy atom. The first-order valence-electron chi connectivity index (χ1n) is 5.13. The maximum absolute atomic E-state index is 11.6. The minimum atomic E-state index is 0.172. The first-order chi connectivity index (χ1) is 7.33. The van der Waals surface area contributed by atoms with E-state index in [1.54, 1.807) is 18.4 Å². The van der Waals surface area contributed by atoms with Crippen molar-refractivity contribution in [1.82, 2.24) is 5.32 Å². The van der Waals surface area contributed by atoms with Crippen LogP contribution in [0.1, 0.15) is 17.2 Å². The molecule has 0 bridgehead atoms. The molecule has 2 unspecified atom stereocenters. The summed E-state index contributed by atoms with van der Waals surface area (Å²) < 4.78 is 4.88. The molecule has 3 nitrogen and oxygen atoms in total. The molecule has 82 valence electrons. The third kappa shape index (κ3) is 2.58. The van der Waals surface area contributed by atoms with Gasteiger partial charge in [0.2, 0.25) is 5.91 Å². The van der Waals surface area contributed by atoms with Crippen molar-refractivity contribution < 1.29 is 9.53 Å². The first kappa shape index (κ1) is 10.6. The van der Waals surface area contributed by atoms with Crippen LogP contribution >= 0.6 is 11.3 Å². The number of nitrogens with one attached hydrogen (secondary N) is 1. The normalized spacial score (nSPS) is 23.8. The molecule has 0 aliphatic heterocycles. The van der Waals surface area contributed by atoms with Gasteiger partial charge in [-0.3, -0.25) is 4.79 Å². The van der Waals surface area contributed by atoms with Gasteiger partial charge < -0.3 is 10.1 Å². The van der Waals surface area contributed by atoms with Gasteiger partial charge in [-0.2, -0.15) is 0 Å². The fourth-order valence-corrected chi connectivity index (χ4v) is 2.62. The lowest BCUT2D eigenvalue weighted by Gasteiger charge is -2.02. The van der Waals surface area contributed by atoms with Crippen molar-refractivity contribution >= 4 is 17.2 Å². The van der Waals surface area contributed by atoms with E-state index in [4.69, 9.17) is 4.74 Å². The average molecular weight is 225 g/mol. The lowest BCUT2D eigenvalue weighted by molar-refractivity contribution is -0.122. The van der Waals surface area contributed by atoms with E-state index in [1.807, 2.05) is 6.07 Å². The van der Waals surface area contributed by atoms with E-state index in [1.165, 1.54) is 4.88 Å². The monoisotopic (exact) mass is 225 g/mol. The highest BCUT2D eigenvalue weighted by atomic mass is 32.1. The van der Waals surface area contributed by atoms with Crippen LogP contribution in [-0.4, -0.2) is 26.2 Å². The van der Waals surface area contributed by atoms with Gasteiger partial charge in [0.25, 0.3) is 0 Å². The van der Waals surface area contributed by atoms with E-state index in [2.05, 4.69) is 16.8 Å². The Balaban J connectivity index is 1.76. The van der Waals surface area contributed by atoms with Crippen LogP contribution in [0, 0.1) is 5.92 Å². The predicted octanol–water partition coefficient (Wildman–Crippen LogP) is 1.61. The first-order valence-corrected chi connectivity index (χ1v) is 6.01. The number of carbonyl (C=O) groups excluding carboxylic acids is 1. The lowest BCUT2D eigenvalue weighted by atomic mass is 10.2. The largest absolute Gasteiger partial charge is 0.383 e. The van der Waals surface area contributed by atoms with Crippen LogP contribution in [0.5, 0.6) is 0 Å². The zero-order chi connectivity index (χ0) is 10.7. The minimum absolute atomic E-state index is 0.172. The highest BCUT2D eigenvalue weighted by Gasteiger charge is 2.44. The molecule has 1 N–H and O–H groups in total. The fourth-order valence-electron chi connectivity index (χ4n) is 1.71. The Kier molecular flexibility index (Phi) is 3.38. The highest BCUT2D eigenvalue weighted by Crippen LogP contribution is 2.48. The zero-order valence-corrected chi connectivity index (χ0v) is 9.55. The Hall–Kier alpha value is -0.870. The second-order valence-electron chi connectivity index (χ2n) is 3.75. The van der Waals surface area contributed by atoms with Crippen LogP contribution in [0.2, 0.25) is 0 Å². The molecule has 4 heteroatoms. The number of methoxy groups -OCH3 is 1. The quantitative estimate of drug-likeness (QED) is 0.773. The number of hydrogen-bond acceptors (Lipinski definition) is 3. The molecule has 0 radical (unpaired) electrons. The van der Waals surface area contributed by atoms with E-state index in [-0.39, 0.29) is 11.8 Å². The molecule has 1 saturated carbocycles. The molecule has 1 amide bonds. The lowest BCUT2D eigenvalue weighted by Crippen LogP contribution is -2.28. The van der Waals surface area contributed by atoms with Gasteiger partial charge in [0.05, 0.1) is 6.61 Å². The molecule has 1 fully saturated rings. The van der Waals surface area contributed by atoms with Crippen molar-refractivity contribution in [1.29, 1.82) is 0 Å². The summed E-state index contributed by atoms with van der Waals surface area (Å²) >= 11 is 1.74. The number of rotatable bonds is 5. The molecule has 15 heavy (non-hydrogen) atoms. The minimum Gasteiger partial charge on any atom is -0.383 e. The van der Waals surface area contributed by atoms with Crippen molar-refractivity contribution in [3.05, 3.63) is 22.4 Å². The number of carbonyl (C=O) groups is 1. The molecule has 1 aromatic rings. The zero-order valence-electron chi connectivity index (χ0n) is 8.73. The van der Waals surface area contributed by atoms with Crippen molar-refractivity contribution in [3.8, 4) is 0 Å². The summed E-state index contributed by atoms with van der Waals surface area (Å²) in [6.45, 7) is 1.20. The highest BCUT2D eigenvalue weighted by molar-refractivity contribution is 7.10. The smallest absolute Gasteiger partial charge is 0.223 e. The Morgan fingerprint density at radius 1 is 1.73 bits per heavy atom. The Morgan fingerprint density at radius 2 is 2.60 bits per heavy atom. The van der Waals surface area contributed by atoms with Crippen molar-refractivity contribution in [2.45, 2.75) is 12.3 Å². The number of thiophene rings is 1. The van der Waals surface area contributed by atoms with E-state index in [0.29, 0.717) is 19.1 Å². The van der Waals surface area contributed by atoms with Crippen molar-refractivity contribution in [3.63, 3.8) is 0 Å². The molecule has 0 aromatic carbocycles. The van der Waals surface area contributed by atoms with E-state index < -0.39 is 0 Å². The summed E-state index contributed by atoms with van der Waals surface area (Å²) in [5.41, 5.74) is 0. The fraction of sp³-hybridized carbons (Fsp3) is 0.545. The summed E-state index contributed by atoms with van der Waals surface area (Å²) in [6.07, 6.45) is 0.999. The third-order valence-corrected chi connectivity index (χ3v) is 3.65. The number of amides is 1. The molecule has 2 rings (SSSR count). The Labute approximate surface area is 93.4 Å². The van der Waals surface area contributed by atoms with Gasteiger partial charge in [0, 0.05) is 30.4 Å². The third-order valence-electron chi connectivity index (χ3n) is 2.64. The molecule has 0 spiro atoms. The van der Waals surface area contributed by atoms with Gasteiger partial charge in [-0.1, -0.05) is 6.07 Å². The van der Waals surface area contributed by atoms with Crippen LogP contribution in [0.3, 0.4) is 0 Å². The maximum atomic E-state index is 11.6. The van der Waals surface area contributed by atoms with Gasteiger partial charge in [0.15, 0.2) is 0 Å².